The van der Waals surface area contributed by atoms with Gasteiger partial charge in [0.05, 0.1) is 6.61 Å². The number of ether oxygens (including phenoxy) is 1. The fourth-order valence-electron chi connectivity index (χ4n) is 2.31. The Morgan fingerprint density at radius 3 is 3.29 bits per heavy atom. The summed E-state index contributed by atoms with van der Waals surface area (Å²) >= 11 is 0. The molecule has 3 aliphatic rings. The van der Waals surface area contributed by atoms with Crippen molar-refractivity contribution in [3.63, 3.8) is 0 Å². The zero-order valence-electron chi connectivity index (χ0n) is 7.77. The van der Waals surface area contributed by atoms with Crippen LogP contribution < -0.4 is 0 Å². The SMILES string of the molecule is O=C1CC=C2C=CC=CC23OCCN13. The standard InChI is InChI=1S/C11H11NO2/c13-10-5-4-9-3-1-2-6-11(9)12(10)7-8-14-11/h1-4,6H,5,7-8H2. The fraction of sp³-hybridized carbons (Fsp3) is 0.364. The highest BCUT2D eigenvalue weighted by molar-refractivity contribution is 5.82. The highest BCUT2D eigenvalue weighted by Gasteiger charge is 2.47. The lowest BCUT2D eigenvalue weighted by molar-refractivity contribution is -0.139. The van der Waals surface area contributed by atoms with Crippen molar-refractivity contribution in [3.8, 4) is 0 Å². The van der Waals surface area contributed by atoms with Gasteiger partial charge in [-0.15, -0.1) is 0 Å². The molecule has 0 saturated carbocycles. The molecule has 14 heavy (non-hydrogen) atoms. The number of allylic oxidation sites excluding steroid dienone is 2. The zero-order valence-corrected chi connectivity index (χ0v) is 7.77. The third-order valence-corrected chi connectivity index (χ3v) is 2.96. The number of nitrogens with zero attached hydrogens (tertiary/aromatic N) is 1. The van der Waals surface area contributed by atoms with E-state index >= 15 is 0 Å². The molecule has 3 nitrogen and oxygen atoms in total. The van der Waals surface area contributed by atoms with Crippen molar-refractivity contribution in [2.45, 2.75) is 12.1 Å². The molecule has 1 fully saturated rings. The molecule has 2 heterocycles. The van der Waals surface area contributed by atoms with Gasteiger partial charge in [-0.05, 0) is 6.08 Å². The maximum absolute atomic E-state index is 11.7. The Morgan fingerprint density at radius 1 is 1.43 bits per heavy atom. The summed E-state index contributed by atoms with van der Waals surface area (Å²) in [5, 5.41) is 0. The second-order valence-corrected chi connectivity index (χ2v) is 3.67. The summed E-state index contributed by atoms with van der Waals surface area (Å²) in [7, 11) is 0. The van der Waals surface area contributed by atoms with Crippen molar-refractivity contribution in [2.24, 2.45) is 0 Å². The van der Waals surface area contributed by atoms with Crippen LogP contribution in [0.1, 0.15) is 6.42 Å². The predicted molar refractivity (Wildman–Crippen MR) is 51.4 cm³/mol. The van der Waals surface area contributed by atoms with Gasteiger partial charge in [0.1, 0.15) is 0 Å². The van der Waals surface area contributed by atoms with Crippen LogP contribution in [0.4, 0.5) is 0 Å². The lowest BCUT2D eigenvalue weighted by atomic mass is 9.92. The van der Waals surface area contributed by atoms with E-state index in [0.717, 1.165) is 5.57 Å². The van der Waals surface area contributed by atoms with E-state index in [1.165, 1.54) is 0 Å². The second-order valence-electron chi connectivity index (χ2n) is 3.67. The van der Waals surface area contributed by atoms with Crippen molar-refractivity contribution >= 4 is 5.91 Å². The predicted octanol–water partition coefficient (Wildman–Crippen LogP) is 0.998. The van der Waals surface area contributed by atoms with Gasteiger partial charge in [0.15, 0.2) is 5.72 Å². The summed E-state index contributed by atoms with van der Waals surface area (Å²) in [5.41, 5.74) is 0.529. The van der Waals surface area contributed by atoms with Gasteiger partial charge >= 0.3 is 0 Å². The number of rotatable bonds is 0. The number of amides is 1. The molecule has 72 valence electrons. The molecule has 1 aliphatic carbocycles. The Hall–Kier alpha value is -1.35. The lowest BCUT2D eigenvalue weighted by Gasteiger charge is -2.39. The van der Waals surface area contributed by atoms with Crippen LogP contribution in [0.3, 0.4) is 0 Å². The monoisotopic (exact) mass is 189 g/mol. The molecule has 1 saturated heterocycles. The van der Waals surface area contributed by atoms with E-state index in [1.54, 1.807) is 0 Å². The summed E-state index contributed by atoms with van der Waals surface area (Å²) in [4.78, 5) is 13.5. The molecule has 1 atom stereocenters. The Bertz CT molecular complexity index is 381. The highest BCUT2D eigenvalue weighted by Crippen LogP contribution is 2.38. The van der Waals surface area contributed by atoms with Crippen LogP contribution in [-0.4, -0.2) is 29.7 Å². The first-order valence-electron chi connectivity index (χ1n) is 4.84. The first-order chi connectivity index (χ1) is 6.83. The molecule has 0 radical (unpaired) electrons. The number of hydrogen-bond acceptors (Lipinski definition) is 2. The average Bonchev–Trinajstić information content (AvgIpc) is 2.62. The zero-order chi connectivity index (χ0) is 9.60. The van der Waals surface area contributed by atoms with Gasteiger partial charge in [0.25, 0.3) is 0 Å². The van der Waals surface area contributed by atoms with E-state index in [0.29, 0.717) is 19.6 Å². The smallest absolute Gasteiger partial charge is 0.229 e. The van der Waals surface area contributed by atoms with Crippen molar-refractivity contribution < 1.29 is 9.53 Å². The molecule has 2 aliphatic heterocycles. The Labute approximate surface area is 82.3 Å². The van der Waals surface area contributed by atoms with Crippen LogP contribution in [0.2, 0.25) is 0 Å². The van der Waals surface area contributed by atoms with Crippen molar-refractivity contribution in [1.82, 2.24) is 4.90 Å². The van der Waals surface area contributed by atoms with Crippen LogP contribution in [0.25, 0.3) is 0 Å². The third-order valence-electron chi connectivity index (χ3n) is 2.96. The largest absolute Gasteiger partial charge is 0.346 e. The molecule has 1 spiro atoms. The molecule has 3 rings (SSSR count). The minimum absolute atomic E-state index is 0.159. The van der Waals surface area contributed by atoms with Crippen LogP contribution in [0.5, 0.6) is 0 Å². The molecular formula is C11H11NO2. The number of carbonyl (C=O) groups is 1. The first kappa shape index (κ1) is 8.00. The van der Waals surface area contributed by atoms with Crippen LogP contribution in [0, 0.1) is 0 Å². The van der Waals surface area contributed by atoms with E-state index in [2.05, 4.69) is 0 Å². The van der Waals surface area contributed by atoms with Gasteiger partial charge in [0, 0.05) is 18.5 Å². The minimum Gasteiger partial charge on any atom is -0.346 e. The first-order valence-corrected chi connectivity index (χ1v) is 4.84. The molecule has 3 heteroatoms. The maximum Gasteiger partial charge on any atom is 0.229 e. The van der Waals surface area contributed by atoms with Gasteiger partial charge in [-0.25, -0.2) is 0 Å². The lowest BCUT2D eigenvalue weighted by Crippen LogP contribution is -2.50. The molecule has 0 aromatic carbocycles. The van der Waals surface area contributed by atoms with Gasteiger partial charge < -0.3 is 9.64 Å². The molecule has 0 N–H and O–H groups in total. The Kier molecular flexibility index (Phi) is 1.47. The second kappa shape index (κ2) is 2.58. The van der Waals surface area contributed by atoms with E-state index in [1.807, 2.05) is 35.3 Å². The van der Waals surface area contributed by atoms with E-state index in [4.69, 9.17) is 4.74 Å². The van der Waals surface area contributed by atoms with Crippen LogP contribution in [-0.2, 0) is 9.53 Å². The van der Waals surface area contributed by atoms with E-state index in [9.17, 15) is 4.79 Å². The number of carbonyl (C=O) groups excluding carboxylic acids is 1. The van der Waals surface area contributed by atoms with Crippen molar-refractivity contribution in [3.05, 3.63) is 36.0 Å². The third kappa shape index (κ3) is 0.826. The van der Waals surface area contributed by atoms with Gasteiger partial charge in [-0.1, -0.05) is 24.3 Å². The highest BCUT2D eigenvalue weighted by atomic mass is 16.5. The Morgan fingerprint density at radius 2 is 2.36 bits per heavy atom. The topological polar surface area (TPSA) is 29.5 Å². The maximum atomic E-state index is 11.7. The van der Waals surface area contributed by atoms with E-state index in [-0.39, 0.29) is 5.91 Å². The van der Waals surface area contributed by atoms with Gasteiger partial charge in [0.2, 0.25) is 5.91 Å². The average molecular weight is 189 g/mol. The van der Waals surface area contributed by atoms with Gasteiger partial charge in [-0.2, -0.15) is 0 Å². The van der Waals surface area contributed by atoms with Gasteiger partial charge in [-0.3, -0.25) is 4.79 Å². The summed E-state index contributed by atoms with van der Waals surface area (Å²) < 4.78 is 5.72. The minimum atomic E-state index is -0.565. The molecule has 0 bridgehead atoms. The molecule has 1 unspecified atom stereocenters. The van der Waals surface area contributed by atoms with Crippen LogP contribution >= 0.6 is 0 Å². The molecule has 0 aromatic rings. The van der Waals surface area contributed by atoms with Crippen molar-refractivity contribution in [2.75, 3.05) is 13.2 Å². The van der Waals surface area contributed by atoms with Crippen LogP contribution in [0.15, 0.2) is 36.0 Å². The summed E-state index contributed by atoms with van der Waals surface area (Å²) in [6.07, 6.45) is 10.4. The molecule has 1 amide bonds. The quantitative estimate of drug-likeness (QED) is 0.569. The Balaban J connectivity index is 2.16. The fourth-order valence-corrected chi connectivity index (χ4v) is 2.31. The van der Waals surface area contributed by atoms with E-state index < -0.39 is 5.72 Å². The number of hydrogen-bond donors (Lipinski definition) is 0. The normalized spacial score (nSPS) is 34.1. The molecule has 0 aromatic heterocycles. The summed E-state index contributed by atoms with van der Waals surface area (Å²) in [5.74, 6) is 0.159. The summed E-state index contributed by atoms with van der Waals surface area (Å²) in [6, 6.07) is 0. The summed E-state index contributed by atoms with van der Waals surface area (Å²) in [6.45, 7) is 1.33. The molecular weight excluding hydrogens is 178 g/mol. The van der Waals surface area contributed by atoms with Crippen molar-refractivity contribution in [1.29, 1.82) is 0 Å².